The third kappa shape index (κ3) is 4.03. The summed E-state index contributed by atoms with van der Waals surface area (Å²) in [4.78, 5) is 0. The van der Waals surface area contributed by atoms with E-state index in [1.54, 1.807) is 12.1 Å². The molecule has 0 saturated heterocycles. The zero-order valence-electron chi connectivity index (χ0n) is 12.7. The van der Waals surface area contributed by atoms with E-state index in [1.807, 2.05) is 24.3 Å². The first-order valence-electron chi connectivity index (χ1n) is 7.08. The molecule has 0 spiro atoms. The molecule has 3 heteroatoms. The summed E-state index contributed by atoms with van der Waals surface area (Å²) in [5.74, 6) is 0. The van der Waals surface area contributed by atoms with E-state index in [-0.39, 0.29) is 11.0 Å². The van der Waals surface area contributed by atoms with Crippen LogP contribution in [0.4, 0.5) is 14.5 Å². The summed E-state index contributed by atoms with van der Waals surface area (Å²) in [6.45, 7) is 7.01. The average molecular weight is 289 g/mol. The maximum atomic E-state index is 12.7. The Morgan fingerprint density at radius 3 is 2.38 bits per heavy atom. The Morgan fingerprint density at radius 1 is 1.00 bits per heavy atom. The Morgan fingerprint density at radius 2 is 1.71 bits per heavy atom. The summed E-state index contributed by atoms with van der Waals surface area (Å²) in [7, 11) is 0. The molecule has 0 aliphatic carbocycles. The minimum absolute atomic E-state index is 0.0361. The number of halogens is 2. The van der Waals surface area contributed by atoms with Crippen LogP contribution in [0.15, 0.2) is 48.5 Å². The maximum absolute atomic E-state index is 12.7. The maximum Gasteiger partial charge on any atom is 0.263 e. The molecule has 2 aromatic rings. The summed E-state index contributed by atoms with van der Waals surface area (Å²) in [5, 5.41) is 3.36. The van der Waals surface area contributed by atoms with Crippen molar-refractivity contribution in [1.29, 1.82) is 0 Å². The van der Waals surface area contributed by atoms with E-state index in [4.69, 9.17) is 0 Å². The predicted molar refractivity (Wildman–Crippen MR) is 83.9 cm³/mol. The molecule has 0 amide bonds. The Bertz CT molecular complexity index is 600. The summed E-state index contributed by atoms with van der Waals surface area (Å²) < 4.78 is 25.4. The van der Waals surface area contributed by atoms with E-state index in [1.165, 1.54) is 11.6 Å². The Hall–Kier alpha value is -1.90. The summed E-state index contributed by atoms with van der Waals surface area (Å²) in [6, 6.07) is 14.7. The van der Waals surface area contributed by atoms with E-state index >= 15 is 0 Å². The molecule has 0 aliphatic heterocycles. The predicted octanol–water partition coefficient (Wildman–Crippen LogP) is 5.53. The smallest absolute Gasteiger partial charge is 0.263 e. The molecule has 21 heavy (non-hydrogen) atoms. The standard InChI is InChI=1S/C18H21F2N/c1-18(2,3)15-9-4-5-10-16(15)21-12-13-7-6-8-14(11-13)17(19)20/h4-11,17,21H,12H2,1-3H3. The van der Waals surface area contributed by atoms with Gasteiger partial charge in [0.15, 0.2) is 0 Å². The number of alkyl halides is 2. The molecule has 0 fully saturated rings. The minimum atomic E-state index is -2.42. The monoisotopic (exact) mass is 289 g/mol. The molecule has 2 rings (SSSR count). The van der Waals surface area contributed by atoms with Crippen LogP contribution in [0, 0.1) is 0 Å². The molecule has 0 aliphatic rings. The second kappa shape index (κ2) is 6.25. The average Bonchev–Trinajstić information content (AvgIpc) is 2.45. The first-order chi connectivity index (χ1) is 9.88. The highest BCUT2D eigenvalue weighted by Crippen LogP contribution is 2.29. The van der Waals surface area contributed by atoms with E-state index < -0.39 is 6.43 Å². The molecular weight excluding hydrogens is 268 g/mol. The van der Waals surface area contributed by atoms with Crippen LogP contribution in [-0.4, -0.2) is 0 Å². The topological polar surface area (TPSA) is 12.0 Å². The van der Waals surface area contributed by atoms with Gasteiger partial charge in [-0.25, -0.2) is 8.78 Å². The Labute approximate surface area is 125 Å². The number of hydrogen-bond donors (Lipinski definition) is 1. The molecule has 0 heterocycles. The second-order valence-corrected chi connectivity index (χ2v) is 6.19. The van der Waals surface area contributed by atoms with Gasteiger partial charge in [-0.3, -0.25) is 0 Å². The third-order valence-electron chi connectivity index (χ3n) is 3.42. The van der Waals surface area contributed by atoms with Crippen LogP contribution in [0.1, 0.15) is 43.9 Å². The van der Waals surface area contributed by atoms with Crippen molar-refractivity contribution in [3.05, 3.63) is 65.2 Å². The van der Waals surface area contributed by atoms with Gasteiger partial charge in [0.05, 0.1) is 0 Å². The van der Waals surface area contributed by atoms with Gasteiger partial charge >= 0.3 is 0 Å². The Kier molecular flexibility index (Phi) is 4.61. The van der Waals surface area contributed by atoms with E-state index in [9.17, 15) is 8.78 Å². The van der Waals surface area contributed by atoms with Crippen molar-refractivity contribution in [2.75, 3.05) is 5.32 Å². The fourth-order valence-electron chi connectivity index (χ4n) is 2.33. The lowest BCUT2D eigenvalue weighted by Gasteiger charge is -2.23. The van der Waals surface area contributed by atoms with Gasteiger partial charge in [0.25, 0.3) is 6.43 Å². The quantitative estimate of drug-likeness (QED) is 0.780. The fourth-order valence-corrected chi connectivity index (χ4v) is 2.33. The van der Waals surface area contributed by atoms with Crippen molar-refractivity contribution in [1.82, 2.24) is 0 Å². The van der Waals surface area contributed by atoms with Gasteiger partial charge in [0, 0.05) is 17.8 Å². The van der Waals surface area contributed by atoms with Crippen LogP contribution in [0.25, 0.3) is 0 Å². The zero-order valence-corrected chi connectivity index (χ0v) is 12.7. The first-order valence-corrected chi connectivity index (χ1v) is 7.08. The van der Waals surface area contributed by atoms with Crippen LogP contribution in [0.3, 0.4) is 0 Å². The van der Waals surface area contributed by atoms with Gasteiger partial charge in [-0.1, -0.05) is 57.2 Å². The molecule has 1 nitrogen and oxygen atoms in total. The molecule has 0 radical (unpaired) electrons. The first kappa shape index (κ1) is 15.5. The van der Waals surface area contributed by atoms with Gasteiger partial charge in [-0.15, -0.1) is 0 Å². The van der Waals surface area contributed by atoms with Crippen LogP contribution < -0.4 is 5.32 Å². The summed E-state index contributed by atoms with van der Waals surface area (Å²) in [6.07, 6.45) is -2.42. The van der Waals surface area contributed by atoms with Crippen LogP contribution >= 0.6 is 0 Å². The highest BCUT2D eigenvalue weighted by molar-refractivity contribution is 5.54. The second-order valence-electron chi connectivity index (χ2n) is 6.19. The molecule has 112 valence electrons. The van der Waals surface area contributed by atoms with E-state index in [0.717, 1.165) is 11.3 Å². The lowest BCUT2D eigenvalue weighted by molar-refractivity contribution is 0.151. The molecular formula is C18H21F2N. The number of anilines is 1. The number of nitrogens with one attached hydrogen (secondary N) is 1. The fraction of sp³-hybridized carbons (Fsp3) is 0.333. The summed E-state index contributed by atoms with van der Waals surface area (Å²) >= 11 is 0. The van der Waals surface area contributed by atoms with Crippen molar-refractivity contribution in [3.63, 3.8) is 0 Å². The largest absolute Gasteiger partial charge is 0.381 e. The number of para-hydroxylation sites is 1. The van der Waals surface area contributed by atoms with E-state index in [0.29, 0.717) is 6.54 Å². The van der Waals surface area contributed by atoms with Gasteiger partial charge in [0.2, 0.25) is 0 Å². The number of hydrogen-bond acceptors (Lipinski definition) is 1. The van der Waals surface area contributed by atoms with Crippen LogP contribution in [0.2, 0.25) is 0 Å². The number of rotatable bonds is 4. The third-order valence-corrected chi connectivity index (χ3v) is 3.42. The molecule has 0 unspecified atom stereocenters. The van der Waals surface area contributed by atoms with Crippen LogP contribution in [-0.2, 0) is 12.0 Å². The summed E-state index contributed by atoms with van der Waals surface area (Å²) in [5.41, 5.74) is 3.23. The van der Waals surface area contributed by atoms with Crippen molar-refractivity contribution < 1.29 is 8.78 Å². The zero-order chi connectivity index (χ0) is 15.5. The highest BCUT2D eigenvalue weighted by atomic mass is 19.3. The molecule has 2 aromatic carbocycles. The van der Waals surface area contributed by atoms with Gasteiger partial charge in [-0.2, -0.15) is 0 Å². The normalized spacial score (nSPS) is 11.7. The van der Waals surface area contributed by atoms with Gasteiger partial charge in [0.1, 0.15) is 0 Å². The Balaban J connectivity index is 2.16. The van der Waals surface area contributed by atoms with E-state index in [2.05, 4.69) is 32.2 Å². The lowest BCUT2D eigenvalue weighted by atomic mass is 9.86. The molecule has 0 bridgehead atoms. The molecule has 1 N–H and O–H groups in total. The number of benzene rings is 2. The van der Waals surface area contributed by atoms with Gasteiger partial charge in [-0.05, 0) is 28.7 Å². The molecule has 0 aromatic heterocycles. The van der Waals surface area contributed by atoms with Crippen LogP contribution in [0.5, 0.6) is 0 Å². The lowest BCUT2D eigenvalue weighted by Crippen LogP contribution is -2.14. The molecule has 0 saturated carbocycles. The highest BCUT2D eigenvalue weighted by Gasteiger charge is 2.17. The van der Waals surface area contributed by atoms with Gasteiger partial charge < -0.3 is 5.32 Å². The van der Waals surface area contributed by atoms with Crippen molar-refractivity contribution >= 4 is 5.69 Å². The van der Waals surface area contributed by atoms with Crippen molar-refractivity contribution in [2.24, 2.45) is 0 Å². The minimum Gasteiger partial charge on any atom is -0.381 e. The van der Waals surface area contributed by atoms with Crippen molar-refractivity contribution in [3.8, 4) is 0 Å². The molecule has 0 atom stereocenters. The SMILES string of the molecule is CC(C)(C)c1ccccc1NCc1cccc(C(F)F)c1. The van der Waals surface area contributed by atoms with Crippen molar-refractivity contribution in [2.45, 2.75) is 39.2 Å².